The molecule has 0 radical (unpaired) electrons. The van der Waals surface area contributed by atoms with Gasteiger partial charge in [-0.3, -0.25) is 14.5 Å². The minimum Gasteiger partial charge on any atom is -0.492 e. The molecule has 0 aromatic heterocycles. The third-order valence-corrected chi connectivity index (χ3v) is 8.11. The molecule has 1 fully saturated rings. The first kappa shape index (κ1) is 28.3. The Balaban J connectivity index is 1.30. The number of imide groups is 1. The Labute approximate surface area is 255 Å². The molecule has 2 amide bonds. The van der Waals surface area contributed by atoms with E-state index in [9.17, 15) is 9.59 Å². The largest absolute Gasteiger partial charge is 0.492 e. The number of rotatable bonds is 10. The smallest absolute Gasteiger partial charge is 0.293 e. The summed E-state index contributed by atoms with van der Waals surface area (Å²) in [5.41, 5.74) is 1.82. The van der Waals surface area contributed by atoms with Gasteiger partial charge in [0.1, 0.15) is 19.0 Å². The second-order valence-electron chi connectivity index (χ2n) is 8.83. The monoisotopic (exact) mass is 685 g/mol. The second kappa shape index (κ2) is 13.0. The third kappa shape index (κ3) is 6.56. The number of ether oxygens (including phenoxy) is 3. The number of benzene rings is 4. The first-order valence-corrected chi connectivity index (χ1v) is 14.9. The number of fused-ring (bicyclic) bond motifs is 1. The molecule has 204 valence electrons. The lowest BCUT2D eigenvalue weighted by Crippen LogP contribution is -2.32. The molecule has 0 atom stereocenters. The van der Waals surface area contributed by atoms with Gasteiger partial charge < -0.3 is 14.2 Å². The van der Waals surface area contributed by atoms with Crippen LogP contribution in [0.15, 0.2) is 83.8 Å². The molecule has 0 unspecified atom stereocenters. The molecule has 0 saturated carbocycles. The zero-order valence-corrected chi connectivity index (χ0v) is 25.3. The standard InChI is InChI=1S/C31H25ClINO5S/c1-2-37-27-17-20(16-26(33)29(27)39-19-22-8-5-7-21-6-3-4-9-25(21)22)18-28-30(35)34(31(36)40-28)14-15-38-24-12-10-23(32)11-13-24/h3-13,16-18H,2,14-15,19H2,1H3/b28-18-. The van der Waals surface area contributed by atoms with E-state index in [1.54, 1.807) is 30.3 Å². The summed E-state index contributed by atoms with van der Waals surface area (Å²) in [5.74, 6) is 1.49. The first-order valence-electron chi connectivity index (χ1n) is 12.6. The number of thioether (sulfide) groups is 1. The maximum absolute atomic E-state index is 13.0. The van der Waals surface area contributed by atoms with Gasteiger partial charge in [0.15, 0.2) is 11.5 Å². The zero-order chi connectivity index (χ0) is 28.1. The lowest BCUT2D eigenvalue weighted by Gasteiger charge is -2.16. The van der Waals surface area contributed by atoms with Crippen LogP contribution in [0, 0.1) is 3.57 Å². The van der Waals surface area contributed by atoms with Gasteiger partial charge in [0, 0.05) is 5.02 Å². The normalized spacial score (nSPS) is 14.3. The van der Waals surface area contributed by atoms with Crippen molar-refractivity contribution in [1.82, 2.24) is 4.90 Å². The molecule has 0 spiro atoms. The molecular weight excluding hydrogens is 661 g/mol. The van der Waals surface area contributed by atoms with Crippen LogP contribution in [0.5, 0.6) is 17.2 Å². The van der Waals surface area contributed by atoms with Gasteiger partial charge in [-0.15, -0.1) is 0 Å². The molecule has 4 aromatic rings. The molecule has 1 aliphatic rings. The van der Waals surface area contributed by atoms with E-state index in [-0.39, 0.29) is 24.3 Å². The number of carbonyl (C=O) groups excluding carboxylic acids is 2. The third-order valence-electron chi connectivity index (χ3n) is 6.15. The van der Waals surface area contributed by atoms with Gasteiger partial charge in [-0.1, -0.05) is 54.1 Å². The Morgan fingerprint density at radius 2 is 1.73 bits per heavy atom. The van der Waals surface area contributed by atoms with Crippen LogP contribution in [0.2, 0.25) is 5.02 Å². The SMILES string of the molecule is CCOc1cc(/C=C2\SC(=O)N(CCOc3ccc(Cl)cc3)C2=O)cc(I)c1OCc1cccc2ccccc12. The molecule has 5 rings (SSSR count). The van der Waals surface area contributed by atoms with Crippen molar-refractivity contribution in [2.75, 3.05) is 19.8 Å². The lowest BCUT2D eigenvalue weighted by molar-refractivity contribution is -0.123. The van der Waals surface area contributed by atoms with Crippen LogP contribution < -0.4 is 14.2 Å². The molecule has 4 aromatic carbocycles. The van der Waals surface area contributed by atoms with Gasteiger partial charge in [-0.05, 0) is 106 Å². The fourth-order valence-corrected chi connectivity index (χ4v) is 6.04. The van der Waals surface area contributed by atoms with Crippen molar-refractivity contribution in [3.63, 3.8) is 0 Å². The molecule has 40 heavy (non-hydrogen) atoms. The summed E-state index contributed by atoms with van der Waals surface area (Å²) in [4.78, 5) is 27.1. The minimum absolute atomic E-state index is 0.146. The fourth-order valence-electron chi connectivity index (χ4n) is 4.27. The summed E-state index contributed by atoms with van der Waals surface area (Å²) >= 11 is 9.02. The van der Waals surface area contributed by atoms with Gasteiger partial charge in [0.2, 0.25) is 0 Å². The summed E-state index contributed by atoms with van der Waals surface area (Å²) < 4.78 is 18.7. The number of hydrogen-bond donors (Lipinski definition) is 0. The van der Waals surface area contributed by atoms with Crippen molar-refractivity contribution in [2.45, 2.75) is 13.5 Å². The highest BCUT2D eigenvalue weighted by Crippen LogP contribution is 2.38. The minimum atomic E-state index is -0.348. The highest BCUT2D eigenvalue weighted by atomic mass is 127. The summed E-state index contributed by atoms with van der Waals surface area (Å²) in [6.07, 6.45) is 1.71. The Morgan fingerprint density at radius 3 is 2.52 bits per heavy atom. The maximum atomic E-state index is 13.0. The Hall–Kier alpha value is -3.21. The van der Waals surface area contributed by atoms with Gasteiger partial charge in [-0.25, -0.2) is 0 Å². The van der Waals surface area contributed by atoms with E-state index in [0.717, 1.165) is 37.2 Å². The number of amides is 2. The van der Waals surface area contributed by atoms with E-state index < -0.39 is 0 Å². The van der Waals surface area contributed by atoms with Crippen LogP contribution in [0.4, 0.5) is 4.79 Å². The van der Waals surface area contributed by atoms with E-state index in [1.807, 2.05) is 37.3 Å². The van der Waals surface area contributed by atoms with Gasteiger partial charge in [0.05, 0.1) is 21.6 Å². The van der Waals surface area contributed by atoms with Crippen LogP contribution >= 0.6 is 46.0 Å². The number of carbonyl (C=O) groups is 2. The molecule has 1 aliphatic heterocycles. The maximum Gasteiger partial charge on any atom is 0.293 e. The van der Waals surface area contributed by atoms with Crippen molar-refractivity contribution >= 4 is 73.9 Å². The number of hydrogen-bond acceptors (Lipinski definition) is 6. The molecule has 0 N–H and O–H groups in total. The van der Waals surface area contributed by atoms with E-state index in [1.165, 1.54) is 4.90 Å². The molecule has 9 heteroatoms. The number of nitrogens with zero attached hydrogens (tertiary/aromatic N) is 1. The summed E-state index contributed by atoms with van der Waals surface area (Å²) in [6, 6.07) is 25.0. The fraction of sp³-hybridized carbons (Fsp3) is 0.161. The quantitative estimate of drug-likeness (QED) is 0.124. The van der Waals surface area contributed by atoms with Crippen molar-refractivity contribution in [1.29, 1.82) is 0 Å². The lowest BCUT2D eigenvalue weighted by atomic mass is 10.1. The van der Waals surface area contributed by atoms with E-state index in [0.29, 0.717) is 40.4 Å². The van der Waals surface area contributed by atoms with Gasteiger partial charge in [-0.2, -0.15) is 0 Å². The second-order valence-corrected chi connectivity index (χ2v) is 11.4. The molecule has 1 heterocycles. The predicted molar refractivity (Wildman–Crippen MR) is 168 cm³/mol. The van der Waals surface area contributed by atoms with Gasteiger partial charge >= 0.3 is 0 Å². The Kier molecular flexibility index (Phi) is 9.18. The van der Waals surface area contributed by atoms with Crippen molar-refractivity contribution in [2.24, 2.45) is 0 Å². The van der Waals surface area contributed by atoms with Crippen LogP contribution in [-0.4, -0.2) is 35.8 Å². The highest BCUT2D eigenvalue weighted by molar-refractivity contribution is 14.1. The summed E-state index contributed by atoms with van der Waals surface area (Å²) in [5, 5.41) is 2.58. The zero-order valence-electron chi connectivity index (χ0n) is 21.6. The predicted octanol–water partition coefficient (Wildman–Crippen LogP) is 8.19. The molecular formula is C31H25ClINO5S. The average Bonchev–Trinajstić information content (AvgIpc) is 3.21. The molecule has 0 aliphatic carbocycles. The highest BCUT2D eigenvalue weighted by Gasteiger charge is 2.35. The van der Waals surface area contributed by atoms with Crippen LogP contribution in [-0.2, 0) is 11.4 Å². The van der Waals surface area contributed by atoms with E-state index in [2.05, 4.69) is 46.9 Å². The molecule has 6 nitrogen and oxygen atoms in total. The van der Waals surface area contributed by atoms with E-state index in [4.69, 9.17) is 25.8 Å². The number of halogens is 2. The van der Waals surface area contributed by atoms with Crippen LogP contribution in [0.1, 0.15) is 18.1 Å². The summed E-state index contributed by atoms with van der Waals surface area (Å²) in [7, 11) is 0. The van der Waals surface area contributed by atoms with Crippen molar-refractivity contribution in [3.05, 3.63) is 103 Å². The van der Waals surface area contributed by atoms with E-state index >= 15 is 0 Å². The van der Waals surface area contributed by atoms with Crippen LogP contribution in [0.25, 0.3) is 16.8 Å². The topological polar surface area (TPSA) is 65.1 Å². The molecule has 1 saturated heterocycles. The summed E-state index contributed by atoms with van der Waals surface area (Å²) in [6.45, 7) is 3.07. The van der Waals surface area contributed by atoms with Crippen molar-refractivity contribution in [3.8, 4) is 17.2 Å². The Bertz CT molecular complexity index is 1590. The Morgan fingerprint density at radius 1 is 0.950 bits per heavy atom. The average molecular weight is 686 g/mol. The van der Waals surface area contributed by atoms with Crippen LogP contribution in [0.3, 0.4) is 0 Å². The molecule has 0 bridgehead atoms. The van der Waals surface area contributed by atoms with Gasteiger partial charge in [0.25, 0.3) is 11.1 Å². The van der Waals surface area contributed by atoms with Crippen molar-refractivity contribution < 1.29 is 23.8 Å². The first-order chi connectivity index (χ1) is 19.4.